The van der Waals surface area contributed by atoms with E-state index < -0.39 is 0 Å². The molecule has 0 spiro atoms. The number of carbonyl (C=O) groups excluding carboxylic acids is 1. The zero-order valence-electron chi connectivity index (χ0n) is 13.6. The van der Waals surface area contributed by atoms with Crippen molar-refractivity contribution in [2.75, 3.05) is 11.9 Å². The Labute approximate surface area is 162 Å². The number of ether oxygens (including phenoxy) is 1. The number of nitrogens with one attached hydrogen (secondary N) is 2. The lowest BCUT2D eigenvalue weighted by Crippen LogP contribution is -2.34. The van der Waals surface area contributed by atoms with Crippen LogP contribution in [0.5, 0.6) is 5.75 Å². The minimum absolute atomic E-state index is 0.170. The van der Waals surface area contributed by atoms with Crippen molar-refractivity contribution in [3.63, 3.8) is 0 Å². The van der Waals surface area contributed by atoms with Crippen molar-refractivity contribution in [2.45, 2.75) is 19.8 Å². The molecule has 2 N–H and O–H groups in total. The number of carbonyl (C=O) groups is 1. The van der Waals surface area contributed by atoms with Crippen molar-refractivity contribution in [2.24, 2.45) is 0 Å². The number of anilines is 1. The first kappa shape index (κ1) is 19.5. The Morgan fingerprint density at radius 2 is 1.80 bits per heavy atom. The molecule has 25 heavy (non-hydrogen) atoms. The molecule has 0 atom stereocenters. The molecular weight excluding hydrogens is 379 g/mol. The number of hydrogen-bond acceptors (Lipinski definition) is 3. The molecule has 4 nitrogen and oxygen atoms in total. The van der Waals surface area contributed by atoms with Crippen LogP contribution in [0.2, 0.25) is 10.0 Å². The third-order valence-corrected chi connectivity index (χ3v) is 4.02. The van der Waals surface area contributed by atoms with Crippen molar-refractivity contribution in [1.29, 1.82) is 0 Å². The number of halogens is 2. The normalized spacial score (nSPS) is 10.2. The Hall–Kier alpha value is -1.82. The second-order valence-electron chi connectivity index (χ2n) is 5.37. The second-order valence-corrected chi connectivity index (χ2v) is 6.65. The van der Waals surface area contributed by atoms with Gasteiger partial charge in [0.2, 0.25) is 5.91 Å². The fraction of sp³-hybridized carbons (Fsp3) is 0.222. The maximum atomic E-state index is 11.9. The number of aryl methyl sites for hydroxylation is 1. The first-order valence-electron chi connectivity index (χ1n) is 7.69. The molecule has 2 rings (SSSR count). The van der Waals surface area contributed by atoms with Crippen LogP contribution in [0.4, 0.5) is 5.69 Å². The Balaban J connectivity index is 1.70. The third-order valence-electron chi connectivity index (χ3n) is 3.33. The summed E-state index contributed by atoms with van der Waals surface area (Å²) in [6.07, 6.45) is 0.886. The molecule has 0 heterocycles. The molecular formula is C18H18Cl2N2O2S. The summed E-state index contributed by atoms with van der Waals surface area (Å²) in [5.41, 5.74) is 1.75. The van der Waals surface area contributed by atoms with Crippen molar-refractivity contribution in [3.8, 4) is 5.75 Å². The first-order chi connectivity index (χ1) is 11.9. The predicted molar refractivity (Wildman–Crippen MR) is 107 cm³/mol. The highest BCUT2D eigenvalue weighted by Crippen LogP contribution is 2.20. The van der Waals surface area contributed by atoms with Gasteiger partial charge >= 0.3 is 0 Å². The standard InChI is InChI=1S/C18H18Cl2N2O2S/c1-12-4-5-14(20)11-16(12)21-18(25)22-17(23)3-2-10-24-15-8-6-13(19)7-9-15/h4-9,11H,2-3,10H2,1H3,(H2,21,22,23,25). The van der Waals surface area contributed by atoms with Crippen molar-refractivity contribution < 1.29 is 9.53 Å². The quantitative estimate of drug-likeness (QED) is 0.534. The average molecular weight is 397 g/mol. The molecule has 0 fully saturated rings. The van der Waals surface area contributed by atoms with E-state index in [-0.39, 0.29) is 11.0 Å². The van der Waals surface area contributed by atoms with Gasteiger partial charge in [-0.15, -0.1) is 0 Å². The van der Waals surface area contributed by atoms with Gasteiger partial charge in [0.1, 0.15) is 5.75 Å². The van der Waals surface area contributed by atoms with Crippen molar-refractivity contribution >= 4 is 52.1 Å². The fourth-order valence-corrected chi connectivity index (χ4v) is 2.55. The largest absolute Gasteiger partial charge is 0.494 e. The highest BCUT2D eigenvalue weighted by Gasteiger charge is 2.07. The summed E-state index contributed by atoms with van der Waals surface area (Å²) >= 11 is 16.9. The van der Waals surface area contributed by atoms with E-state index in [1.54, 1.807) is 36.4 Å². The molecule has 0 aromatic heterocycles. The highest BCUT2D eigenvalue weighted by atomic mass is 35.5. The van der Waals surface area contributed by atoms with Gasteiger partial charge in [-0.3, -0.25) is 4.79 Å². The van der Waals surface area contributed by atoms with E-state index in [9.17, 15) is 4.79 Å². The molecule has 1 amide bonds. The van der Waals surface area contributed by atoms with Gasteiger partial charge in [-0.2, -0.15) is 0 Å². The van der Waals surface area contributed by atoms with Gasteiger partial charge in [-0.1, -0.05) is 29.3 Å². The molecule has 0 aliphatic heterocycles. The van der Waals surface area contributed by atoms with Crippen LogP contribution in [0.15, 0.2) is 42.5 Å². The van der Waals surface area contributed by atoms with Gasteiger partial charge in [0.25, 0.3) is 0 Å². The minimum atomic E-state index is -0.170. The van der Waals surface area contributed by atoms with Crippen LogP contribution < -0.4 is 15.4 Å². The average Bonchev–Trinajstić information content (AvgIpc) is 2.56. The van der Waals surface area contributed by atoms with E-state index in [0.29, 0.717) is 29.5 Å². The van der Waals surface area contributed by atoms with Crippen LogP contribution in [0, 0.1) is 6.92 Å². The number of benzene rings is 2. The number of hydrogen-bond donors (Lipinski definition) is 2. The highest BCUT2D eigenvalue weighted by molar-refractivity contribution is 7.80. The maximum Gasteiger partial charge on any atom is 0.226 e. The van der Waals surface area contributed by atoms with Gasteiger partial charge in [0, 0.05) is 22.2 Å². The van der Waals surface area contributed by atoms with E-state index in [0.717, 1.165) is 17.0 Å². The fourth-order valence-electron chi connectivity index (χ4n) is 2.03. The summed E-state index contributed by atoms with van der Waals surface area (Å²) in [4.78, 5) is 11.9. The summed E-state index contributed by atoms with van der Waals surface area (Å²) in [5, 5.41) is 7.12. The summed E-state index contributed by atoms with van der Waals surface area (Å²) in [6.45, 7) is 2.36. The minimum Gasteiger partial charge on any atom is -0.494 e. The topological polar surface area (TPSA) is 50.4 Å². The predicted octanol–water partition coefficient (Wildman–Crippen LogP) is 4.97. The van der Waals surface area contributed by atoms with Crippen molar-refractivity contribution in [3.05, 3.63) is 58.1 Å². The van der Waals surface area contributed by atoms with Gasteiger partial charge in [0.15, 0.2) is 5.11 Å². The molecule has 0 unspecified atom stereocenters. The molecule has 0 aliphatic carbocycles. The van der Waals surface area contributed by atoms with Gasteiger partial charge < -0.3 is 15.4 Å². The zero-order valence-corrected chi connectivity index (χ0v) is 16.0. The van der Waals surface area contributed by atoms with Crippen LogP contribution in [0.25, 0.3) is 0 Å². The van der Waals surface area contributed by atoms with E-state index >= 15 is 0 Å². The Morgan fingerprint density at radius 3 is 2.52 bits per heavy atom. The van der Waals surface area contributed by atoms with Gasteiger partial charge in [0.05, 0.1) is 6.61 Å². The van der Waals surface area contributed by atoms with Crippen LogP contribution >= 0.6 is 35.4 Å². The molecule has 2 aromatic carbocycles. The third kappa shape index (κ3) is 6.90. The summed E-state index contributed by atoms with van der Waals surface area (Å²) in [5.74, 6) is 0.551. The zero-order chi connectivity index (χ0) is 18.2. The maximum absolute atomic E-state index is 11.9. The second kappa shape index (κ2) is 9.61. The van der Waals surface area contributed by atoms with Crippen LogP contribution in [-0.4, -0.2) is 17.6 Å². The summed E-state index contributed by atoms with van der Waals surface area (Å²) < 4.78 is 5.54. The summed E-state index contributed by atoms with van der Waals surface area (Å²) in [6, 6.07) is 12.5. The molecule has 2 aromatic rings. The molecule has 0 saturated carbocycles. The Kier molecular flexibility index (Phi) is 7.50. The Morgan fingerprint density at radius 1 is 1.12 bits per heavy atom. The molecule has 7 heteroatoms. The lowest BCUT2D eigenvalue weighted by Gasteiger charge is -2.12. The number of thiocarbonyl (C=S) groups is 1. The van der Waals surface area contributed by atoms with Crippen LogP contribution in [0.3, 0.4) is 0 Å². The lowest BCUT2D eigenvalue weighted by atomic mass is 10.2. The lowest BCUT2D eigenvalue weighted by molar-refractivity contribution is -0.119. The van der Waals surface area contributed by atoms with Crippen LogP contribution in [0.1, 0.15) is 18.4 Å². The smallest absolute Gasteiger partial charge is 0.226 e. The SMILES string of the molecule is Cc1ccc(Cl)cc1NC(=S)NC(=O)CCCOc1ccc(Cl)cc1. The van der Waals surface area contributed by atoms with E-state index in [1.165, 1.54) is 0 Å². The van der Waals surface area contributed by atoms with E-state index in [4.69, 9.17) is 40.2 Å². The van der Waals surface area contributed by atoms with E-state index in [1.807, 2.05) is 13.0 Å². The van der Waals surface area contributed by atoms with Crippen molar-refractivity contribution in [1.82, 2.24) is 5.32 Å². The molecule has 0 saturated heterocycles. The van der Waals surface area contributed by atoms with Gasteiger partial charge in [-0.25, -0.2) is 0 Å². The first-order valence-corrected chi connectivity index (χ1v) is 8.86. The molecule has 132 valence electrons. The number of rotatable bonds is 6. The van der Waals surface area contributed by atoms with Crippen LogP contribution in [-0.2, 0) is 4.79 Å². The van der Waals surface area contributed by atoms with E-state index in [2.05, 4.69) is 10.6 Å². The molecule has 0 radical (unpaired) electrons. The summed E-state index contributed by atoms with van der Waals surface area (Å²) in [7, 11) is 0. The molecule has 0 aliphatic rings. The van der Waals surface area contributed by atoms with Gasteiger partial charge in [-0.05, 0) is 67.5 Å². The number of amides is 1. The monoisotopic (exact) mass is 396 g/mol. The Bertz CT molecular complexity index is 751. The molecule has 0 bridgehead atoms.